The first-order valence-electron chi connectivity index (χ1n) is 22.4. The van der Waals surface area contributed by atoms with Crippen molar-refractivity contribution in [3.05, 3.63) is 173 Å². The van der Waals surface area contributed by atoms with Gasteiger partial charge in [0, 0.05) is 57.3 Å². The number of benzene rings is 4. The fourth-order valence-corrected chi connectivity index (χ4v) is 5.97. The van der Waals surface area contributed by atoms with Crippen LogP contribution in [0.3, 0.4) is 0 Å². The molecule has 5 heteroatoms. The van der Waals surface area contributed by atoms with E-state index in [0.717, 1.165) is 22.1 Å². The van der Waals surface area contributed by atoms with Crippen LogP contribution in [-0.4, -0.2) is 15.0 Å². The Kier molecular flexibility index (Phi) is 8.54. The van der Waals surface area contributed by atoms with Crippen molar-refractivity contribution in [2.75, 3.05) is 0 Å². The summed E-state index contributed by atoms with van der Waals surface area (Å²) in [6, 6.07) is 40.3. The third kappa shape index (κ3) is 9.28. The van der Waals surface area contributed by atoms with Gasteiger partial charge in [0.15, 0.2) is 0 Å². The number of nitrogens with zero attached hydrogens (tertiary/aromatic N) is 3. The van der Waals surface area contributed by atoms with Crippen molar-refractivity contribution < 1.29 is 38.2 Å². The Balaban J connectivity index is 0.000000212. The average Bonchev–Trinajstić information content (AvgIpc) is 3.62. The quantitative estimate of drug-likeness (QED) is 0.150. The topological polar surface area (TPSA) is 51.8 Å². The Morgan fingerprint density at radius 3 is 2.33 bits per heavy atom. The molecule has 0 bridgehead atoms. The van der Waals surface area contributed by atoms with Gasteiger partial charge in [0.25, 0.3) is 0 Å². The van der Waals surface area contributed by atoms with E-state index in [9.17, 15) is 0 Å². The minimum Gasteiger partial charge on any atom is -0.486 e. The molecule has 0 saturated carbocycles. The van der Waals surface area contributed by atoms with Crippen LogP contribution in [0.15, 0.2) is 132 Å². The van der Waals surface area contributed by atoms with Crippen molar-refractivity contribution in [3.8, 4) is 33.6 Å². The molecule has 4 nitrogen and oxygen atoms in total. The van der Waals surface area contributed by atoms with E-state index >= 15 is 0 Å². The van der Waals surface area contributed by atoms with Crippen LogP contribution in [-0.2, 0) is 39.3 Å². The fourth-order valence-electron chi connectivity index (χ4n) is 5.97. The van der Waals surface area contributed by atoms with Crippen LogP contribution in [0.25, 0.3) is 55.7 Å². The number of hydrogen-bond donors (Lipinski definition) is 0. The predicted octanol–water partition coefficient (Wildman–Crippen LogP) is 12.4. The van der Waals surface area contributed by atoms with Crippen LogP contribution in [0.4, 0.5) is 0 Å². The van der Waals surface area contributed by atoms with Crippen LogP contribution in [0.5, 0.6) is 0 Å². The number of furan rings is 1. The number of pyridine rings is 3. The van der Waals surface area contributed by atoms with Crippen molar-refractivity contribution in [1.82, 2.24) is 15.0 Å². The van der Waals surface area contributed by atoms with Gasteiger partial charge in [-0.1, -0.05) is 128 Å². The molecule has 0 aliphatic heterocycles. The molecule has 8 aromatic rings. The molecule has 0 aliphatic rings. The molecule has 0 fully saturated rings. The summed E-state index contributed by atoms with van der Waals surface area (Å²) in [4.78, 5) is 13.1. The molecule has 4 heterocycles. The first kappa shape index (κ1) is 27.4. The van der Waals surface area contributed by atoms with Gasteiger partial charge in [-0.3, -0.25) is 0 Å². The zero-order valence-corrected chi connectivity index (χ0v) is 32.8. The van der Waals surface area contributed by atoms with E-state index in [1.54, 1.807) is 48.8 Å². The molecular weight excluding hydrogens is 839 g/mol. The molecule has 8 rings (SSSR count). The fraction of sp³-hybridized carbons (Fsp3) is 0.204. The van der Waals surface area contributed by atoms with E-state index in [-0.39, 0.29) is 43.5 Å². The zero-order valence-electron chi connectivity index (χ0n) is 40.4. The summed E-state index contributed by atoms with van der Waals surface area (Å²) in [7, 11) is 0. The van der Waals surface area contributed by atoms with E-state index in [1.165, 1.54) is 12.1 Å². The Bertz CT molecular complexity index is 2890. The summed E-state index contributed by atoms with van der Waals surface area (Å²) in [6.45, 7) is 2.97. The molecular formula is C49H45IrN3O-2. The van der Waals surface area contributed by atoms with E-state index in [2.05, 4.69) is 27.1 Å². The van der Waals surface area contributed by atoms with Crippen LogP contribution in [0, 0.1) is 38.2 Å². The summed E-state index contributed by atoms with van der Waals surface area (Å²) in [5.41, 5.74) is 7.35. The third-order valence-corrected chi connectivity index (χ3v) is 8.52. The second-order valence-electron chi connectivity index (χ2n) is 13.9. The molecule has 0 unspecified atom stereocenters. The standard InChI is InChI=1S/C26H21N2O.C23H24N.Ir/c1-17-6-9-19(10-7-17)11-12-20-14-15-27-24(16-20)23-5-3-4-21-22-13-8-18(2)28-26(22)29-25(21)23;1-17-10-12-20(14-21(17)19-8-6-5-7-9-19)22-13-11-18(16-24-22)15-23(2,3)4;/h3-4,6-10,13-16H,11-12H2,1-2H3;5-11,13-14,16H,15H2,1-4H3;/q2*-1;/i2D3,11D2;1D3,15D2;. The second-order valence-corrected chi connectivity index (χ2v) is 13.9. The van der Waals surface area contributed by atoms with E-state index in [1.807, 2.05) is 94.4 Å². The first-order valence-corrected chi connectivity index (χ1v) is 17.4. The summed E-state index contributed by atoms with van der Waals surface area (Å²) in [5.74, 6) is 0. The summed E-state index contributed by atoms with van der Waals surface area (Å²) in [6.07, 6.45) is 0.315. The first-order chi connectivity index (χ1) is 29.5. The predicted molar refractivity (Wildman–Crippen MR) is 219 cm³/mol. The van der Waals surface area contributed by atoms with Crippen molar-refractivity contribution in [3.63, 3.8) is 0 Å². The largest absolute Gasteiger partial charge is 0.486 e. The Labute approximate surface area is 347 Å². The van der Waals surface area contributed by atoms with Crippen molar-refractivity contribution in [1.29, 1.82) is 0 Å². The molecule has 1 radical (unpaired) electrons. The van der Waals surface area contributed by atoms with Gasteiger partial charge < -0.3 is 14.4 Å². The summed E-state index contributed by atoms with van der Waals surface area (Å²) in [5, 5.41) is 1.50. The molecule has 0 amide bonds. The Morgan fingerprint density at radius 2 is 1.59 bits per heavy atom. The second kappa shape index (κ2) is 16.8. The minimum atomic E-state index is -2.32. The molecule has 4 aromatic carbocycles. The zero-order chi connectivity index (χ0) is 45.5. The number of fused-ring (bicyclic) bond motifs is 3. The van der Waals surface area contributed by atoms with E-state index in [0.29, 0.717) is 50.2 Å². The van der Waals surface area contributed by atoms with Crippen LogP contribution < -0.4 is 0 Å². The summed E-state index contributed by atoms with van der Waals surface area (Å²) >= 11 is 0. The van der Waals surface area contributed by atoms with Gasteiger partial charge in [0.2, 0.25) is 5.71 Å². The maximum atomic E-state index is 8.59. The van der Waals surface area contributed by atoms with Crippen LogP contribution >= 0.6 is 0 Å². The molecule has 0 spiro atoms. The minimum absolute atomic E-state index is 0. The van der Waals surface area contributed by atoms with Gasteiger partial charge in [-0.05, 0) is 84.6 Å². The van der Waals surface area contributed by atoms with Gasteiger partial charge in [-0.2, -0.15) is 0 Å². The van der Waals surface area contributed by atoms with Gasteiger partial charge in [0.1, 0.15) is 0 Å². The molecule has 0 saturated heterocycles. The summed E-state index contributed by atoms with van der Waals surface area (Å²) < 4.78 is 86.3. The Hall–Kier alpha value is -5.22. The molecule has 0 aliphatic carbocycles. The van der Waals surface area contributed by atoms with Crippen molar-refractivity contribution in [2.45, 2.75) is 60.6 Å². The van der Waals surface area contributed by atoms with Gasteiger partial charge >= 0.3 is 0 Å². The van der Waals surface area contributed by atoms with Crippen LogP contribution in [0.1, 0.15) is 68.0 Å². The Morgan fingerprint density at radius 1 is 0.778 bits per heavy atom. The molecule has 273 valence electrons. The number of hydrogen-bond acceptors (Lipinski definition) is 4. The smallest absolute Gasteiger partial charge is 0.216 e. The van der Waals surface area contributed by atoms with Crippen LogP contribution in [0.2, 0.25) is 0 Å². The van der Waals surface area contributed by atoms with Gasteiger partial charge in [-0.15, -0.1) is 47.5 Å². The maximum absolute atomic E-state index is 8.59. The maximum Gasteiger partial charge on any atom is 0.216 e. The number of aryl methyl sites for hydroxylation is 5. The van der Waals surface area contributed by atoms with Gasteiger partial charge in [-0.25, -0.2) is 4.98 Å². The average molecular weight is 894 g/mol. The van der Waals surface area contributed by atoms with Crippen molar-refractivity contribution in [2.24, 2.45) is 5.41 Å². The number of rotatable bonds is 7. The third-order valence-electron chi connectivity index (χ3n) is 8.52. The SMILES string of the molecule is [2H]C([2H])([2H])c1c[c-]c(-c2ccc(C([2H])([2H])C(C)(C)C)cn2)cc1-c1ccccc1.[2H]C([2H])([2H])c1ccc2c(n1)oc1c(-c3cc(CC([2H])([2H])c4ccc(C)cc4)ccn3)[c-]ccc12.[Ir]. The van der Waals surface area contributed by atoms with Crippen molar-refractivity contribution >= 4 is 22.1 Å². The monoisotopic (exact) mass is 894 g/mol. The molecule has 0 N–H and O–H groups in total. The van der Waals surface area contributed by atoms with Gasteiger partial charge in [0.05, 0.1) is 5.58 Å². The molecule has 0 atom stereocenters. The molecule has 4 aromatic heterocycles. The number of aromatic nitrogens is 3. The van der Waals surface area contributed by atoms with E-state index < -0.39 is 31.9 Å². The molecule has 54 heavy (non-hydrogen) atoms. The normalized spacial score (nSPS) is 15.0. The van der Waals surface area contributed by atoms with E-state index in [4.69, 9.17) is 18.1 Å².